The minimum Gasteiger partial charge on any atom is -0.468 e. The zero-order chi connectivity index (χ0) is 15.5. The highest BCUT2D eigenvalue weighted by Crippen LogP contribution is 2.32. The van der Waals surface area contributed by atoms with Crippen LogP contribution in [0.3, 0.4) is 0 Å². The number of esters is 1. The smallest absolute Gasteiger partial charge is 0.326 e. The van der Waals surface area contributed by atoms with Crippen molar-refractivity contribution in [2.75, 3.05) is 21.2 Å². The first-order valence-electron chi connectivity index (χ1n) is 7.46. The molecule has 2 atom stereocenters. The Morgan fingerprint density at radius 1 is 1.67 bits per heavy atom. The molecule has 0 saturated heterocycles. The quantitative estimate of drug-likeness (QED) is 0.819. The second-order valence-electron chi connectivity index (χ2n) is 5.94. The van der Waals surface area contributed by atoms with Crippen molar-refractivity contribution < 1.29 is 9.53 Å². The third kappa shape index (κ3) is 3.27. The molecule has 1 aromatic rings. The van der Waals surface area contributed by atoms with E-state index in [1.54, 1.807) is 0 Å². The van der Waals surface area contributed by atoms with Crippen molar-refractivity contribution in [3.05, 3.63) is 18.2 Å². The van der Waals surface area contributed by atoms with Crippen molar-refractivity contribution in [2.45, 2.75) is 43.8 Å². The standard InChI is InChI=1S/C15H26N4O2/c1-16-15(14(20)21-4)7-5-6-12(10-15)19(3)11-13-17-8-9-18(13)2/h8-9,12,16H,5-7,10-11H2,1-4H3. The summed E-state index contributed by atoms with van der Waals surface area (Å²) < 4.78 is 7.03. The lowest BCUT2D eigenvalue weighted by Gasteiger charge is -2.41. The van der Waals surface area contributed by atoms with E-state index in [2.05, 4.69) is 22.2 Å². The highest BCUT2D eigenvalue weighted by Gasteiger charge is 2.43. The zero-order valence-electron chi connectivity index (χ0n) is 13.4. The van der Waals surface area contributed by atoms with Crippen LogP contribution in [-0.4, -0.2) is 53.2 Å². The van der Waals surface area contributed by atoms with Gasteiger partial charge >= 0.3 is 5.97 Å². The molecular weight excluding hydrogens is 268 g/mol. The van der Waals surface area contributed by atoms with Gasteiger partial charge in [-0.05, 0) is 39.8 Å². The third-order valence-electron chi connectivity index (χ3n) is 4.71. The van der Waals surface area contributed by atoms with Gasteiger partial charge in [-0.2, -0.15) is 0 Å². The number of imidazole rings is 1. The summed E-state index contributed by atoms with van der Waals surface area (Å²) in [5.41, 5.74) is -0.548. The predicted molar refractivity (Wildman–Crippen MR) is 80.7 cm³/mol. The van der Waals surface area contributed by atoms with Gasteiger partial charge in [0, 0.05) is 25.5 Å². The first-order chi connectivity index (χ1) is 10.0. The second kappa shape index (κ2) is 6.58. The van der Waals surface area contributed by atoms with Crippen molar-refractivity contribution >= 4 is 5.97 Å². The molecule has 1 aromatic heterocycles. The monoisotopic (exact) mass is 294 g/mol. The summed E-state index contributed by atoms with van der Waals surface area (Å²) in [7, 11) is 7.41. The van der Waals surface area contributed by atoms with E-state index < -0.39 is 5.54 Å². The van der Waals surface area contributed by atoms with Crippen molar-refractivity contribution in [3.63, 3.8) is 0 Å². The largest absolute Gasteiger partial charge is 0.468 e. The molecule has 0 aliphatic heterocycles. The fourth-order valence-corrected chi connectivity index (χ4v) is 3.23. The van der Waals surface area contributed by atoms with E-state index in [4.69, 9.17) is 4.74 Å². The summed E-state index contributed by atoms with van der Waals surface area (Å²) in [6.07, 6.45) is 7.50. The second-order valence-corrected chi connectivity index (χ2v) is 5.94. The fourth-order valence-electron chi connectivity index (χ4n) is 3.23. The maximum absolute atomic E-state index is 12.1. The Kier molecular flexibility index (Phi) is 5.00. The molecule has 1 heterocycles. The van der Waals surface area contributed by atoms with E-state index in [0.717, 1.165) is 38.1 Å². The summed E-state index contributed by atoms with van der Waals surface area (Å²) in [5, 5.41) is 3.20. The minimum absolute atomic E-state index is 0.153. The first kappa shape index (κ1) is 16.0. The van der Waals surface area contributed by atoms with Gasteiger partial charge in [0.15, 0.2) is 0 Å². The number of ether oxygens (including phenoxy) is 1. The molecule has 1 aliphatic rings. The van der Waals surface area contributed by atoms with Crippen molar-refractivity contribution in [1.29, 1.82) is 0 Å². The number of rotatable bonds is 5. The Hall–Kier alpha value is -1.40. The molecule has 1 N–H and O–H groups in total. The van der Waals surface area contributed by atoms with E-state index in [1.165, 1.54) is 7.11 Å². The highest BCUT2D eigenvalue weighted by atomic mass is 16.5. The number of aromatic nitrogens is 2. The minimum atomic E-state index is -0.548. The normalized spacial score (nSPS) is 26.0. The Labute approximate surface area is 126 Å². The maximum Gasteiger partial charge on any atom is 0.326 e. The number of methoxy groups -OCH3 is 1. The third-order valence-corrected chi connectivity index (χ3v) is 4.71. The number of carbonyl (C=O) groups is 1. The number of hydrogen-bond donors (Lipinski definition) is 1. The lowest BCUT2D eigenvalue weighted by atomic mass is 9.78. The first-order valence-corrected chi connectivity index (χ1v) is 7.46. The maximum atomic E-state index is 12.1. The Balaban J connectivity index is 2.06. The molecule has 0 aromatic carbocycles. The van der Waals surface area contributed by atoms with Crippen LogP contribution in [0.15, 0.2) is 12.4 Å². The van der Waals surface area contributed by atoms with Gasteiger partial charge in [-0.1, -0.05) is 0 Å². The van der Waals surface area contributed by atoms with Crippen LogP contribution in [0.2, 0.25) is 0 Å². The van der Waals surface area contributed by atoms with E-state index in [9.17, 15) is 4.79 Å². The van der Waals surface area contributed by atoms with Gasteiger partial charge in [0.2, 0.25) is 0 Å². The number of likely N-dealkylation sites (N-methyl/N-ethyl adjacent to an activating group) is 1. The molecule has 6 heteroatoms. The van der Waals surface area contributed by atoms with Crippen LogP contribution in [0.1, 0.15) is 31.5 Å². The lowest BCUT2D eigenvalue weighted by Crippen LogP contribution is -2.57. The summed E-state index contributed by atoms with van der Waals surface area (Å²) in [6.45, 7) is 0.787. The molecule has 2 rings (SSSR count). The zero-order valence-corrected chi connectivity index (χ0v) is 13.4. The molecule has 0 spiro atoms. The van der Waals surface area contributed by atoms with E-state index in [-0.39, 0.29) is 5.97 Å². The van der Waals surface area contributed by atoms with Gasteiger partial charge in [0.1, 0.15) is 11.4 Å². The average molecular weight is 294 g/mol. The van der Waals surface area contributed by atoms with Gasteiger partial charge in [-0.3, -0.25) is 9.69 Å². The summed E-state index contributed by atoms with van der Waals surface area (Å²) in [4.78, 5) is 18.8. The molecule has 118 valence electrons. The molecule has 1 aliphatic carbocycles. The van der Waals surface area contributed by atoms with Gasteiger partial charge in [0.25, 0.3) is 0 Å². The molecule has 0 bridgehead atoms. The number of nitrogens with zero attached hydrogens (tertiary/aromatic N) is 3. The molecular formula is C15H26N4O2. The van der Waals surface area contributed by atoms with Crippen molar-refractivity contribution in [1.82, 2.24) is 19.8 Å². The van der Waals surface area contributed by atoms with E-state index >= 15 is 0 Å². The molecule has 21 heavy (non-hydrogen) atoms. The van der Waals surface area contributed by atoms with Crippen LogP contribution in [0, 0.1) is 0 Å². The average Bonchev–Trinajstić information content (AvgIpc) is 2.91. The van der Waals surface area contributed by atoms with Crippen LogP contribution in [-0.2, 0) is 23.1 Å². The molecule has 1 fully saturated rings. The van der Waals surface area contributed by atoms with Crippen LogP contribution < -0.4 is 5.32 Å². The molecule has 6 nitrogen and oxygen atoms in total. The number of aryl methyl sites for hydroxylation is 1. The van der Waals surface area contributed by atoms with Crippen LogP contribution in [0.4, 0.5) is 0 Å². The van der Waals surface area contributed by atoms with Gasteiger partial charge in [0.05, 0.1) is 13.7 Å². The Bertz CT molecular complexity index is 488. The molecule has 0 radical (unpaired) electrons. The topological polar surface area (TPSA) is 59.4 Å². The lowest BCUT2D eigenvalue weighted by molar-refractivity contribution is -0.151. The molecule has 2 unspecified atom stereocenters. The van der Waals surface area contributed by atoms with Gasteiger partial charge in [-0.15, -0.1) is 0 Å². The highest BCUT2D eigenvalue weighted by molar-refractivity contribution is 5.81. The number of nitrogens with one attached hydrogen (secondary N) is 1. The molecule has 0 amide bonds. The van der Waals surface area contributed by atoms with E-state index in [0.29, 0.717) is 6.04 Å². The van der Waals surface area contributed by atoms with Crippen LogP contribution in [0.5, 0.6) is 0 Å². The SMILES string of the molecule is CNC1(C(=O)OC)CCCC(N(C)Cc2nccn2C)C1. The summed E-state index contributed by atoms with van der Waals surface area (Å²) >= 11 is 0. The Morgan fingerprint density at radius 3 is 3.00 bits per heavy atom. The van der Waals surface area contributed by atoms with Crippen LogP contribution >= 0.6 is 0 Å². The predicted octanol–water partition coefficient (Wildman–Crippen LogP) is 0.926. The summed E-state index contributed by atoms with van der Waals surface area (Å²) in [6, 6.07) is 0.349. The van der Waals surface area contributed by atoms with E-state index in [1.807, 2.05) is 31.1 Å². The van der Waals surface area contributed by atoms with Gasteiger partial charge in [-0.25, -0.2) is 4.98 Å². The number of carbonyl (C=O) groups excluding carboxylic acids is 1. The van der Waals surface area contributed by atoms with Crippen molar-refractivity contribution in [2.24, 2.45) is 7.05 Å². The van der Waals surface area contributed by atoms with Gasteiger partial charge < -0.3 is 14.6 Å². The van der Waals surface area contributed by atoms with Crippen LogP contribution in [0.25, 0.3) is 0 Å². The number of hydrogen-bond acceptors (Lipinski definition) is 5. The molecule has 1 saturated carbocycles. The Morgan fingerprint density at radius 2 is 2.43 bits per heavy atom. The fraction of sp³-hybridized carbons (Fsp3) is 0.733. The summed E-state index contributed by atoms with van der Waals surface area (Å²) in [5.74, 6) is 0.885. The van der Waals surface area contributed by atoms with Crippen molar-refractivity contribution in [3.8, 4) is 0 Å².